The Kier molecular flexibility index (Phi) is 4.58. The third-order valence-electron chi connectivity index (χ3n) is 5.37. The van der Waals surface area contributed by atoms with E-state index in [0.717, 1.165) is 37.7 Å². The Morgan fingerprint density at radius 3 is 2.62 bits per heavy atom. The zero-order chi connectivity index (χ0) is 18.1. The lowest BCUT2D eigenvalue weighted by molar-refractivity contribution is 0.0929. The van der Waals surface area contributed by atoms with Gasteiger partial charge in [0.25, 0.3) is 5.91 Å². The minimum atomic E-state index is -0.169. The molecule has 0 aromatic carbocycles. The van der Waals surface area contributed by atoms with Gasteiger partial charge in [0, 0.05) is 51.0 Å². The van der Waals surface area contributed by atoms with Crippen molar-refractivity contribution in [2.24, 2.45) is 7.05 Å². The third-order valence-corrected chi connectivity index (χ3v) is 5.37. The van der Waals surface area contributed by atoms with E-state index in [1.54, 1.807) is 12.4 Å². The van der Waals surface area contributed by atoms with E-state index < -0.39 is 0 Å². The van der Waals surface area contributed by atoms with Crippen LogP contribution in [-0.4, -0.2) is 69.8 Å². The second-order valence-corrected chi connectivity index (χ2v) is 7.31. The van der Waals surface area contributed by atoms with Gasteiger partial charge in [-0.1, -0.05) is 0 Å². The lowest BCUT2D eigenvalue weighted by Crippen LogP contribution is -2.40. The van der Waals surface area contributed by atoms with Gasteiger partial charge in [-0.3, -0.25) is 4.79 Å². The Bertz CT molecular complexity index is 766. The summed E-state index contributed by atoms with van der Waals surface area (Å²) in [6, 6.07) is 3.70. The van der Waals surface area contributed by atoms with Crippen LogP contribution in [0.3, 0.4) is 0 Å². The molecule has 2 fully saturated rings. The van der Waals surface area contributed by atoms with Crippen molar-refractivity contribution in [1.82, 2.24) is 30.0 Å². The second-order valence-electron chi connectivity index (χ2n) is 7.31. The van der Waals surface area contributed by atoms with Crippen molar-refractivity contribution in [3.8, 4) is 0 Å². The van der Waals surface area contributed by atoms with Gasteiger partial charge in [0.2, 0.25) is 0 Å². The van der Waals surface area contributed by atoms with E-state index in [1.807, 2.05) is 23.9 Å². The van der Waals surface area contributed by atoms with Gasteiger partial charge in [0.05, 0.1) is 12.4 Å². The lowest BCUT2D eigenvalue weighted by Gasteiger charge is -2.20. The highest BCUT2D eigenvalue weighted by atomic mass is 16.2. The maximum atomic E-state index is 12.7. The number of imidazole rings is 1. The van der Waals surface area contributed by atoms with E-state index >= 15 is 0 Å². The van der Waals surface area contributed by atoms with Gasteiger partial charge < -0.3 is 19.7 Å². The number of likely N-dealkylation sites (N-methyl/N-ethyl adjacent to an activating group) is 1. The molecule has 1 N–H and O–H groups in total. The van der Waals surface area contributed by atoms with Crippen LogP contribution < -0.4 is 10.2 Å². The number of carbonyl (C=O) groups is 1. The quantitative estimate of drug-likeness (QED) is 0.867. The highest BCUT2D eigenvalue weighted by molar-refractivity contribution is 5.92. The first-order valence-corrected chi connectivity index (χ1v) is 9.16. The summed E-state index contributed by atoms with van der Waals surface area (Å²) < 4.78 is 2.02. The highest BCUT2D eigenvalue weighted by Crippen LogP contribution is 2.26. The Balaban J connectivity index is 1.45. The molecule has 0 saturated carbocycles. The van der Waals surface area contributed by atoms with Crippen LogP contribution in [0.15, 0.2) is 24.7 Å². The predicted molar refractivity (Wildman–Crippen MR) is 98.2 cm³/mol. The Morgan fingerprint density at radius 2 is 1.96 bits per heavy atom. The predicted octanol–water partition coefficient (Wildman–Crippen LogP) is 0.638. The molecule has 2 aliphatic rings. The molecule has 8 nitrogen and oxygen atoms in total. The van der Waals surface area contributed by atoms with Crippen LogP contribution in [0.5, 0.6) is 0 Å². The van der Waals surface area contributed by atoms with Crippen LogP contribution in [0, 0.1) is 0 Å². The number of likely N-dealkylation sites (tertiary alicyclic amines) is 1. The maximum Gasteiger partial charge on any atom is 0.272 e. The summed E-state index contributed by atoms with van der Waals surface area (Å²) in [4.78, 5) is 21.3. The Hall–Kier alpha value is -2.48. The van der Waals surface area contributed by atoms with Crippen LogP contribution in [0.2, 0.25) is 0 Å². The topological polar surface area (TPSA) is 79.2 Å². The van der Waals surface area contributed by atoms with Crippen molar-refractivity contribution in [2.75, 3.05) is 38.1 Å². The molecule has 2 atom stereocenters. The van der Waals surface area contributed by atoms with Crippen molar-refractivity contribution in [3.05, 3.63) is 36.0 Å². The summed E-state index contributed by atoms with van der Waals surface area (Å²) in [6.07, 6.45) is 6.06. The van der Waals surface area contributed by atoms with Gasteiger partial charge in [-0.15, -0.1) is 10.2 Å². The molecule has 0 radical (unpaired) electrons. The van der Waals surface area contributed by atoms with Crippen molar-refractivity contribution >= 4 is 11.7 Å². The fourth-order valence-electron chi connectivity index (χ4n) is 3.97. The van der Waals surface area contributed by atoms with E-state index in [4.69, 9.17) is 0 Å². The van der Waals surface area contributed by atoms with Crippen LogP contribution in [-0.2, 0) is 7.05 Å². The normalized spacial score (nSPS) is 23.5. The molecule has 26 heavy (non-hydrogen) atoms. The summed E-state index contributed by atoms with van der Waals surface area (Å²) in [5, 5.41) is 11.5. The number of nitrogens with zero attached hydrogens (tertiary/aromatic N) is 6. The van der Waals surface area contributed by atoms with E-state index in [-0.39, 0.29) is 17.9 Å². The summed E-state index contributed by atoms with van der Waals surface area (Å²) in [5.41, 5.74) is 1.50. The molecule has 2 aromatic rings. The molecule has 2 saturated heterocycles. The molecule has 8 heteroatoms. The highest BCUT2D eigenvalue weighted by Gasteiger charge is 2.35. The third kappa shape index (κ3) is 3.29. The van der Waals surface area contributed by atoms with Crippen LogP contribution in [0.1, 0.15) is 34.9 Å². The van der Waals surface area contributed by atoms with Gasteiger partial charge >= 0.3 is 0 Å². The van der Waals surface area contributed by atoms with Gasteiger partial charge in [-0.25, -0.2) is 4.98 Å². The Morgan fingerprint density at radius 1 is 1.15 bits per heavy atom. The Labute approximate surface area is 153 Å². The van der Waals surface area contributed by atoms with Gasteiger partial charge in [-0.2, -0.15) is 0 Å². The minimum Gasteiger partial charge on any atom is -0.355 e. The molecule has 0 bridgehead atoms. The smallest absolute Gasteiger partial charge is 0.272 e. The molecular formula is C18H25N7O. The molecule has 2 aromatic heterocycles. The van der Waals surface area contributed by atoms with Gasteiger partial charge in [0.15, 0.2) is 11.5 Å². The molecule has 0 spiro atoms. The first-order chi connectivity index (χ1) is 12.6. The SMILES string of the molecule is CN1C[C@@H](NC(=O)c2ccc(N3CCCC3)nn2)[C@H](c2cncn2C)C1. The second kappa shape index (κ2) is 7.03. The summed E-state index contributed by atoms with van der Waals surface area (Å²) in [7, 11) is 4.06. The van der Waals surface area contributed by atoms with Gasteiger partial charge in [0.1, 0.15) is 0 Å². The molecular weight excluding hydrogens is 330 g/mol. The number of hydrogen-bond acceptors (Lipinski definition) is 6. The zero-order valence-corrected chi connectivity index (χ0v) is 15.3. The number of hydrogen-bond donors (Lipinski definition) is 1. The number of anilines is 1. The maximum absolute atomic E-state index is 12.7. The fourth-order valence-corrected chi connectivity index (χ4v) is 3.97. The standard InChI is InChI=1S/C18H25N7O/c1-23-10-13(16-9-19-12-24(16)2)15(11-23)20-18(26)14-5-6-17(22-21-14)25-7-3-4-8-25/h5-6,9,12-13,15H,3-4,7-8,10-11H2,1-2H3,(H,20,26)/t13-,15-/m1/s1. The molecule has 2 aliphatic heterocycles. The monoisotopic (exact) mass is 355 g/mol. The summed E-state index contributed by atoms with van der Waals surface area (Å²) >= 11 is 0. The number of carbonyl (C=O) groups excluding carboxylic acids is 1. The average molecular weight is 355 g/mol. The van der Waals surface area contributed by atoms with Crippen molar-refractivity contribution in [3.63, 3.8) is 0 Å². The van der Waals surface area contributed by atoms with Crippen molar-refractivity contribution < 1.29 is 4.79 Å². The van der Waals surface area contributed by atoms with Crippen molar-refractivity contribution in [1.29, 1.82) is 0 Å². The van der Waals surface area contributed by atoms with Crippen LogP contribution in [0.25, 0.3) is 0 Å². The molecule has 0 aliphatic carbocycles. The molecule has 138 valence electrons. The number of aromatic nitrogens is 4. The van der Waals surface area contributed by atoms with Gasteiger partial charge in [-0.05, 0) is 32.0 Å². The first-order valence-electron chi connectivity index (χ1n) is 9.16. The molecule has 0 unspecified atom stereocenters. The zero-order valence-electron chi connectivity index (χ0n) is 15.3. The number of nitrogens with one attached hydrogen (secondary N) is 1. The first kappa shape index (κ1) is 17.0. The average Bonchev–Trinajstić information content (AvgIpc) is 3.36. The number of amides is 1. The molecule has 1 amide bonds. The molecule has 4 heterocycles. The van der Waals surface area contributed by atoms with E-state index in [2.05, 4.69) is 37.3 Å². The van der Waals surface area contributed by atoms with Crippen LogP contribution in [0.4, 0.5) is 5.82 Å². The van der Waals surface area contributed by atoms with Crippen molar-refractivity contribution in [2.45, 2.75) is 24.8 Å². The summed E-state index contributed by atoms with van der Waals surface area (Å²) in [5.74, 6) is 0.902. The van der Waals surface area contributed by atoms with E-state index in [9.17, 15) is 4.79 Å². The van der Waals surface area contributed by atoms with E-state index in [1.165, 1.54) is 12.8 Å². The number of aryl methyl sites for hydroxylation is 1. The fraction of sp³-hybridized carbons (Fsp3) is 0.556. The lowest BCUT2D eigenvalue weighted by atomic mass is 10.00. The van der Waals surface area contributed by atoms with Crippen LogP contribution >= 0.6 is 0 Å². The molecule has 4 rings (SSSR count). The number of rotatable bonds is 4. The minimum absolute atomic E-state index is 0.0305. The largest absolute Gasteiger partial charge is 0.355 e. The van der Waals surface area contributed by atoms with E-state index in [0.29, 0.717) is 5.69 Å². The summed E-state index contributed by atoms with van der Waals surface area (Å²) in [6.45, 7) is 3.73.